The normalized spacial score (nSPS) is 11.5. The molecule has 1 aromatic heterocycles. The van der Waals surface area contributed by atoms with Crippen molar-refractivity contribution in [2.24, 2.45) is 0 Å². The minimum Gasteiger partial charge on any atom is -0.619 e. The third kappa shape index (κ3) is 2.03. The van der Waals surface area contributed by atoms with E-state index in [1.165, 1.54) is 5.56 Å². The zero-order chi connectivity index (χ0) is 12.5. The molecule has 0 bridgehead atoms. The fourth-order valence-electron chi connectivity index (χ4n) is 2.24. The largest absolute Gasteiger partial charge is 0.619 e. The molecule has 0 spiro atoms. The van der Waals surface area contributed by atoms with Crippen LogP contribution in [0.3, 0.4) is 0 Å². The van der Waals surface area contributed by atoms with E-state index in [4.69, 9.17) is 0 Å². The molecule has 0 unspecified atom stereocenters. The van der Waals surface area contributed by atoms with Gasteiger partial charge in [-0.25, -0.2) is 0 Å². The van der Waals surface area contributed by atoms with Crippen LogP contribution < -0.4 is 4.73 Å². The van der Waals surface area contributed by atoms with Gasteiger partial charge in [0.05, 0.1) is 0 Å². The average Bonchev–Trinajstić information content (AvgIpc) is 2.33. The van der Waals surface area contributed by atoms with Gasteiger partial charge in [-0.05, 0) is 11.6 Å². The molecule has 0 atom stereocenters. The van der Waals surface area contributed by atoms with Crippen molar-refractivity contribution in [3.05, 3.63) is 70.7 Å². The second-order valence-corrected chi connectivity index (χ2v) is 4.82. The van der Waals surface area contributed by atoms with E-state index in [0.717, 1.165) is 16.0 Å². The van der Waals surface area contributed by atoms with E-state index in [2.05, 4.69) is 26.0 Å². The van der Waals surface area contributed by atoms with Crippen LogP contribution in [0.25, 0.3) is 0 Å². The van der Waals surface area contributed by atoms with Gasteiger partial charge in [0.15, 0.2) is 11.9 Å². The highest BCUT2D eigenvalue weighted by molar-refractivity contribution is 5.37. The lowest BCUT2D eigenvalue weighted by atomic mass is 9.77. The molecule has 0 N–H and O–H groups in total. The number of rotatable bonds is 2. The van der Waals surface area contributed by atoms with Crippen LogP contribution in [0.1, 0.15) is 30.7 Å². The molecule has 88 valence electrons. The van der Waals surface area contributed by atoms with Crippen molar-refractivity contribution < 1.29 is 4.73 Å². The molecule has 0 amide bonds. The molecule has 2 rings (SSSR count). The smallest absolute Gasteiger partial charge is 0.193 e. The predicted molar refractivity (Wildman–Crippen MR) is 68.7 cm³/mol. The van der Waals surface area contributed by atoms with Gasteiger partial charge in [-0.1, -0.05) is 44.2 Å². The van der Waals surface area contributed by atoms with E-state index in [9.17, 15) is 5.21 Å². The molecule has 1 heterocycles. The summed E-state index contributed by atoms with van der Waals surface area (Å²) in [7, 11) is 0. The summed E-state index contributed by atoms with van der Waals surface area (Å²) in [5.74, 6) is 0. The number of hydrogen-bond acceptors (Lipinski definition) is 1. The first-order chi connectivity index (χ1) is 8.03. The summed E-state index contributed by atoms with van der Waals surface area (Å²) in [6.07, 6.45) is 1.54. The van der Waals surface area contributed by atoms with Crippen molar-refractivity contribution in [1.82, 2.24) is 0 Å². The maximum Gasteiger partial charge on any atom is 0.193 e. The average molecular weight is 227 g/mol. The molecule has 0 saturated heterocycles. The quantitative estimate of drug-likeness (QED) is 0.572. The molecule has 0 saturated carbocycles. The molecule has 17 heavy (non-hydrogen) atoms. The summed E-state index contributed by atoms with van der Waals surface area (Å²) >= 11 is 0. The van der Waals surface area contributed by atoms with Gasteiger partial charge >= 0.3 is 0 Å². The molecule has 0 aliphatic heterocycles. The molecule has 0 aliphatic rings. The fraction of sp³-hybridized carbons (Fsp3) is 0.267. The Bertz CT molecular complexity index is 518. The van der Waals surface area contributed by atoms with Gasteiger partial charge in [-0.3, -0.25) is 0 Å². The number of hydrogen-bond donors (Lipinski definition) is 0. The Morgan fingerprint density at radius 1 is 1.00 bits per heavy atom. The zero-order valence-electron chi connectivity index (χ0n) is 10.5. The Hall–Kier alpha value is -1.83. The van der Waals surface area contributed by atoms with E-state index in [1.54, 1.807) is 12.3 Å². The topological polar surface area (TPSA) is 26.9 Å². The predicted octanol–water partition coefficient (Wildman–Crippen LogP) is 2.95. The molecule has 0 fully saturated rings. The highest BCUT2D eigenvalue weighted by atomic mass is 16.5. The Balaban J connectivity index is 2.56. The summed E-state index contributed by atoms with van der Waals surface area (Å²) in [6.45, 7) is 6.16. The highest BCUT2D eigenvalue weighted by Crippen LogP contribution is 2.31. The standard InChI is InChI=1S/C15H17NO/c1-12-14(10-7-11-16(12)17)15(2,3)13-8-5-4-6-9-13/h4-11H,1-3H3. The number of benzene rings is 1. The van der Waals surface area contributed by atoms with E-state index in [-0.39, 0.29) is 5.41 Å². The summed E-state index contributed by atoms with van der Waals surface area (Å²) in [4.78, 5) is 0. The molecule has 2 nitrogen and oxygen atoms in total. The van der Waals surface area contributed by atoms with Gasteiger partial charge in [0.1, 0.15) is 0 Å². The van der Waals surface area contributed by atoms with Gasteiger partial charge in [0.25, 0.3) is 0 Å². The molecular weight excluding hydrogens is 210 g/mol. The first-order valence-corrected chi connectivity index (χ1v) is 5.78. The summed E-state index contributed by atoms with van der Waals surface area (Å²) in [6, 6.07) is 14.1. The first-order valence-electron chi connectivity index (χ1n) is 5.78. The van der Waals surface area contributed by atoms with Gasteiger partial charge in [0.2, 0.25) is 0 Å². The molecule has 2 heteroatoms. The minimum atomic E-state index is -0.154. The minimum absolute atomic E-state index is 0.154. The van der Waals surface area contributed by atoms with Gasteiger partial charge in [0, 0.05) is 24.0 Å². The van der Waals surface area contributed by atoms with Crippen LogP contribution >= 0.6 is 0 Å². The van der Waals surface area contributed by atoms with Crippen LogP contribution in [0, 0.1) is 12.1 Å². The molecular formula is C15H17NO. The third-order valence-electron chi connectivity index (χ3n) is 3.37. The lowest BCUT2D eigenvalue weighted by molar-refractivity contribution is -0.613. The van der Waals surface area contributed by atoms with Crippen molar-refractivity contribution in [2.45, 2.75) is 26.2 Å². The molecule has 1 aromatic carbocycles. The van der Waals surface area contributed by atoms with E-state index in [1.807, 2.05) is 31.2 Å². The monoisotopic (exact) mass is 227 g/mol. The van der Waals surface area contributed by atoms with Crippen LogP contribution in [0.5, 0.6) is 0 Å². The van der Waals surface area contributed by atoms with Crippen molar-refractivity contribution in [1.29, 1.82) is 0 Å². The molecule has 2 aromatic rings. The second-order valence-electron chi connectivity index (χ2n) is 4.82. The number of nitrogens with zero attached hydrogens (tertiary/aromatic N) is 1. The Morgan fingerprint density at radius 2 is 1.65 bits per heavy atom. The van der Waals surface area contributed by atoms with E-state index < -0.39 is 0 Å². The molecule has 0 aliphatic carbocycles. The molecule has 0 radical (unpaired) electrons. The second kappa shape index (κ2) is 4.21. The van der Waals surface area contributed by atoms with Crippen molar-refractivity contribution in [3.8, 4) is 0 Å². The van der Waals surface area contributed by atoms with Crippen LogP contribution in [0.2, 0.25) is 0 Å². The van der Waals surface area contributed by atoms with Crippen LogP contribution in [0.15, 0.2) is 48.7 Å². The summed E-state index contributed by atoms with van der Waals surface area (Å²) in [5, 5.41) is 11.6. The Morgan fingerprint density at radius 3 is 2.29 bits per heavy atom. The van der Waals surface area contributed by atoms with Gasteiger partial charge < -0.3 is 5.21 Å². The fourth-order valence-corrected chi connectivity index (χ4v) is 2.24. The summed E-state index contributed by atoms with van der Waals surface area (Å²) in [5.41, 5.74) is 2.90. The van der Waals surface area contributed by atoms with Crippen LogP contribution in [-0.4, -0.2) is 0 Å². The van der Waals surface area contributed by atoms with Crippen molar-refractivity contribution in [3.63, 3.8) is 0 Å². The maximum absolute atomic E-state index is 11.6. The highest BCUT2D eigenvalue weighted by Gasteiger charge is 2.27. The maximum atomic E-state index is 11.6. The van der Waals surface area contributed by atoms with Crippen LogP contribution in [-0.2, 0) is 5.41 Å². The van der Waals surface area contributed by atoms with Gasteiger partial charge in [-0.15, -0.1) is 0 Å². The van der Waals surface area contributed by atoms with Crippen molar-refractivity contribution in [2.75, 3.05) is 0 Å². The first kappa shape index (κ1) is 11.6. The Kier molecular flexibility index (Phi) is 2.88. The lowest BCUT2D eigenvalue weighted by Crippen LogP contribution is -2.34. The Labute approximate surface area is 102 Å². The number of pyridine rings is 1. The third-order valence-corrected chi connectivity index (χ3v) is 3.37. The van der Waals surface area contributed by atoms with E-state index >= 15 is 0 Å². The van der Waals surface area contributed by atoms with Crippen molar-refractivity contribution >= 4 is 0 Å². The van der Waals surface area contributed by atoms with Crippen LogP contribution in [0.4, 0.5) is 0 Å². The zero-order valence-corrected chi connectivity index (χ0v) is 10.5. The SMILES string of the molecule is Cc1c(C(C)(C)c2ccccc2)ccc[n+]1[O-]. The summed E-state index contributed by atoms with van der Waals surface area (Å²) < 4.78 is 0.931. The lowest BCUT2D eigenvalue weighted by Gasteiger charge is -2.26. The number of aromatic nitrogens is 1. The van der Waals surface area contributed by atoms with Gasteiger partial charge in [-0.2, -0.15) is 4.73 Å². The van der Waals surface area contributed by atoms with E-state index in [0.29, 0.717) is 0 Å².